The number of hydrogen-bond donors (Lipinski definition) is 3. The monoisotopic (exact) mass is 1280 g/mol. The number of phosphoric acid groups is 2. The Balaban J connectivity index is 5.06. The van der Waals surface area contributed by atoms with E-state index in [1.54, 1.807) is 0 Å². The van der Waals surface area contributed by atoms with Gasteiger partial charge in [0.2, 0.25) is 0 Å². The van der Waals surface area contributed by atoms with E-state index in [9.17, 15) is 43.2 Å². The zero-order valence-electron chi connectivity index (χ0n) is 56.3. The number of unbranched alkanes of at least 4 members (excludes halogenated alkanes) is 37. The smallest absolute Gasteiger partial charge is 0.462 e. The molecule has 0 aliphatic rings. The van der Waals surface area contributed by atoms with Crippen LogP contribution in [0.25, 0.3) is 0 Å². The molecule has 0 aromatic heterocycles. The molecule has 0 fully saturated rings. The number of hydrogen-bond acceptors (Lipinski definition) is 15. The zero-order valence-corrected chi connectivity index (χ0v) is 58.1. The van der Waals surface area contributed by atoms with Crippen molar-refractivity contribution in [3.8, 4) is 0 Å². The molecule has 0 rings (SSSR count). The van der Waals surface area contributed by atoms with E-state index in [1.165, 1.54) is 154 Å². The van der Waals surface area contributed by atoms with Crippen molar-refractivity contribution in [2.45, 2.75) is 362 Å². The van der Waals surface area contributed by atoms with Crippen LogP contribution in [0.4, 0.5) is 0 Å². The van der Waals surface area contributed by atoms with Crippen molar-refractivity contribution in [1.82, 2.24) is 0 Å². The van der Waals surface area contributed by atoms with Gasteiger partial charge in [-0.15, -0.1) is 0 Å². The third-order valence-corrected chi connectivity index (χ3v) is 17.6. The number of phosphoric ester groups is 2. The second-order valence-corrected chi connectivity index (χ2v) is 28.4. The summed E-state index contributed by atoms with van der Waals surface area (Å²) in [5, 5.41) is 10.5. The number of ether oxygens (including phenoxy) is 4. The third-order valence-electron chi connectivity index (χ3n) is 15.7. The van der Waals surface area contributed by atoms with E-state index in [1.807, 2.05) is 0 Å². The first-order valence-electron chi connectivity index (χ1n) is 35.5. The molecule has 0 amide bonds. The Kier molecular flexibility index (Phi) is 59.0. The minimum atomic E-state index is -4.95. The van der Waals surface area contributed by atoms with Gasteiger partial charge in [-0.2, -0.15) is 0 Å². The molecule has 0 radical (unpaired) electrons. The molecule has 0 saturated carbocycles. The molecule has 87 heavy (non-hydrogen) atoms. The van der Waals surface area contributed by atoms with Crippen molar-refractivity contribution in [1.29, 1.82) is 0 Å². The summed E-state index contributed by atoms with van der Waals surface area (Å²) in [4.78, 5) is 71.8. The fourth-order valence-corrected chi connectivity index (χ4v) is 11.8. The maximum Gasteiger partial charge on any atom is 0.472 e. The van der Waals surface area contributed by atoms with Crippen LogP contribution < -0.4 is 0 Å². The van der Waals surface area contributed by atoms with Crippen LogP contribution in [-0.4, -0.2) is 96.7 Å². The first-order valence-corrected chi connectivity index (χ1v) is 38.5. The van der Waals surface area contributed by atoms with E-state index in [-0.39, 0.29) is 25.7 Å². The van der Waals surface area contributed by atoms with Gasteiger partial charge in [-0.05, 0) is 37.5 Å². The average molecular weight is 1280 g/mol. The van der Waals surface area contributed by atoms with Gasteiger partial charge in [-0.3, -0.25) is 37.3 Å². The normalized spacial score (nSPS) is 14.2. The fraction of sp³-hybridized carbons (Fsp3) is 0.941. The molecule has 19 heteroatoms. The molecule has 0 bridgehead atoms. The minimum absolute atomic E-state index is 0.0988. The van der Waals surface area contributed by atoms with Crippen LogP contribution in [0.15, 0.2) is 0 Å². The van der Waals surface area contributed by atoms with E-state index in [4.69, 9.17) is 37.0 Å². The Bertz CT molecular complexity index is 1700. The largest absolute Gasteiger partial charge is 0.472 e. The molecule has 0 aliphatic carbocycles. The highest BCUT2D eigenvalue weighted by Crippen LogP contribution is 2.45. The summed E-state index contributed by atoms with van der Waals surface area (Å²) in [6.07, 6.45) is 45.4. The van der Waals surface area contributed by atoms with E-state index in [2.05, 4.69) is 41.5 Å². The summed E-state index contributed by atoms with van der Waals surface area (Å²) < 4.78 is 67.7. The molecule has 0 aromatic rings. The van der Waals surface area contributed by atoms with Crippen LogP contribution >= 0.6 is 15.6 Å². The number of esters is 4. The lowest BCUT2D eigenvalue weighted by molar-refractivity contribution is -0.161. The van der Waals surface area contributed by atoms with Crippen LogP contribution in [0.2, 0.25) is 0 Å². The van der Waals surface area contributed by atoms with Crippen molar-refractivity contribution in [2.24, 2.45) is 11.8 Å². The molecule has 0 aromatic carbocycles. The van der Waals surface area contributed by atoms with Gasteiger partial charge in [0.15, 0.2) is 12.2 Å². The quantitative estimate of drug-likeness (QED) is 0.0222. The Morgan fingerprint density at radius 2 is 0.529 bits per heavy atom. The van der Waals surface area contributed by atoms with E-state index in [0.29, 0.717) is 25.7 Å². The highest BCUT2D eigenvalue weighted by molar-refractivity contribution is 7.47. The second kappa shape index (κ2) is 60.3. The Morgan fingerprint density at radius 1 is 0.310 bits per heavy atom. The molecule has 516 valence electrons. The highest BCUT2D eigenvalue weighted by atomic mass is 31.2. The number of carbonyl (C=O) groups is 4. The topological polar surface area (TPSA) is 237 Å². The van der Waals surface area contributed by atoms with Crippen molar-refractivity contribution >= 4 is 39.5 Å². The van der Waals surface area contributed by atoms with Crippen LogP contribution in [0, 0.1) is 11.8 Å². The molecule has 0 saturated heterocycles. The predicted molar refractivity (Wildman–Crippen MR) is 349 cm³/mol. The van der Waals surface area contributed by atoms with Crippen LogP contribution in [0.5, 0.6) is 0 Å². The molecule has 2 unspecified atom stereocenters. The van der Waals surface area contributed by atoms with E-state index in [0.717, 1.165) is 108 Å². The SMILES string of the molecule is CCCCCCCC(=O)OC[C@H](COP(=O)(O)OC[C@H](O)COP(=O)(O)OC[C@@H](COC(=O)CCCCCCCCCCCCCCCCCC(C)C)OC(=O)CCCCCCCCCCCCCCCCCCC(C)C)OC(=O)CCCCCCC. The van der Waals surface area contributed by atoms with E-state index >= 15 is 0 Å². The molecular weight excluding hydrogens is 1150 g/mol. The number of carbonyl (C=O) groups excluding carboxylic acids is 4. The number of aliphatic hydroxyl groups is 1. The first-order chi connectivity index (χ1) is 41.9. The summed E-state index contributed by atoms with van der Waals surface area (Å²) in [5.41, 5.74) is 0. The van der Waals surface area contributed by atoms with Gasteiger partial charge in [0, 0.05) is 25.7 Å². The lowest BCUT2D eigenvalue weighted by Gasteiger charge is -2.21. The predicted octanol–water partition coefficient (Wildman–Crippen LogP) is 19.2. The van der Waals surface area contributed by atoms with Gasteiger partial charge in [0.05, 0.1) is 26.4 Å². The average Bonchev–Trinajstić information content (AvgIpc) is 3.67. The molecule has 0 spiro atoms. The summed E-state index contributed by atoms with van der Waals surface area (Å²) in [6.45, 7) is 9.40. The van der Waals surface area contributed by atoms with E-state index < -0.39 is 97.5 Å². The van der Waals surface area contributed by atoms with Crippen LogP contribution in [0.1, 0.15) is 343 Å². The van der Waals surface area contributed by atoms with Gasteiger partial charge in [-0.1, -0.05) is 292 Å². The molecule has 3 N–H and O–H groups in total. The summed E-state index contributed by atoms with van der Waals surface area (Å²) in [7, 11) is -9.87. The minimum Gasteiger partial charge on any atom is -0.462 e. The molecular formula is C68H132O17P2. The van der Waals surface area contributed by atoms with Crippen molar-refractivity contribution in [3.05, 3.63) is 0 Å². The van der Waals surface area contributed by atoms with Gasteiger partial charge in [0.25, 0.3) is 0 Å². The summed E-state index contributed by atoms with van der Waals surface area (Å²) in [5.74, 6) is -0.535. The van der Waals surface area contributed by atoms with Crippen molar-refractivity contribution < 1.29 is 80.2 Å². The highest BCUT2D eigenvalue weighted by Gasteiger charge is 2.30. The van der Waals surface area contributed by atoms with Gasteiger partial charge >= 0.3 is 39.5 Å². The second-order valence-electron chi connectivity index (χ2n) is 25.5. The lowest BCUT2D eigenvalue weighted by Crippen LogP contribution is -2.30. The Labute approximate surface area is 530 Å². The van der Waals surface area contributed by atoms with Crippen molar-refractivity contribution in [3.63, 3.8) is 0 Å². The maximum absolute atomic E-state index is 13.0. The standard InChI is InChI=1S/C68H132O17P2/c1-7-9-11-36-44-50-65(70)78-56-63(84-67(72)52-46-37-12-10-8-2)58-82-86(74,75)80-54-62(69)55-81-87(76,77)83-59-64(57-79-66(71)51-45-40-34-30-26-22-19-15-17-21-25-29-33-39-43-49-61(5)6)85-68(73)53-47-41-35-31-27-23-18-14-13-16-20-24-28-32-38-42-48-60(3)4/h60-64,69H,7-59H2,1-6H3,(H,74,75)(H,76,77)/t62-,63+,64+/m0/s1. The van der Waals surface area contributed by atoms with Crippen molar-refractivity contribution in [2.75, 3.05) is 39.6 Å². The first kappa shape index (κ1) is 85.1. The van der Waals surface area contributed by atoms with Gasteiger partial charge in [-0.25, -0.2) is 9.13 Å². The lowest BCUT2D eigenvalue weighted by atomic mass is 10.0. The number of aliphatic hydroxyl groups excluding tert-OH is 1. The van der Waals surface area contributed by atoms with Crippen LogP contribution in [0.3, 0.4) is 0 Å². The Morgan fingerprint density at radius 3 is 0.782 bits per heavy atom. The van der Waals surface area contributed by atoms with Gasteiger partial charge in [0.1, 0.15) is 19.3 Å². The summed E-state index contributed by atoms with van der Waals surface area (Å²) >= 11 is 0. The molecule has 17 nitrogen and oxygen atoms in total. The summed E-state index contributed by atoms with van der Waals surface area (Å²) in [6, 6.07) is 0. The fourth-order valence-electron chi connectivity index (χ4n) is 10.2. The molecule has 5 atom stereocenters. The third kappa shape index (κ3) is 62.6. The maximum atomic E-state index is 13.0. The number of rotatable bonds is 67. The molecule has 0 aliphatic heterocycles. The zero-order chi connectivity index (χ0) is 64.3. The van der Waals surface area contributed by atoms with Crippen LogP contribution in [-0.2, 0) is 65.4 Å². The van der Waals surface area contributed by atoms with Gasteiger partial charge < -0.3 is 33.8 Å². The molecule has 0 heterocycles. The Hall–Kier alpha value is -1.94.